The molecule has 1 aliphatic heterocycles. The summed E-state index contributed by atoms with van der Waals surface area (Å²) in [5, 5.41) is 12.3. The third-order valence-corrected chi connectivity index (χ3v) is 4.78. The van der Waals surface area contributed by atoms with E-state index in [0.717, 1.165) is 12.2 Å². The predicted molar refractivity (Wildman–Crippen MR) is 82.1 cm³/mol. The van der Waals surface area contributed by atoms with Gasteiger partial charge in [-0.1, -0.05) is 20.3 Å². The van der Waals surface area contributed by atoms with Crippen LogP contribution < -0.4 is 5.32 Å². The lowest BCUT2D eigenvalue weighted by Gasteiger charge is -2.24. The van der Waals surface area contributed by atoms with E-state index in [0.29, 0.717) is 38.4 Å². The van der Waals surface area contributed by atoms with Gasteiger partial charge in [-0.25, -0.2) is 4.79 Å². The van der Waals surface area contributed by atoms with Crippen LogP contribution in [0.5, 0.6) is 0 Å². The van der Waals surface area contributed by atoms with Crippen LogP contribution in [0.3, 0.4) is 0 Å². The van der Waals surface area contributed by atoms with Gasteiger partial charge in [0.1, 0.15) is 0 Å². The minimum absolute atomic E-state index is 0.128. The average Bonchev–Trinajstić information content (AvgIpc) is 2.82. The molecule has 1 aliphatic rings. The van der Waals surface area contributed by atoms with Crippen LogP contribution in [0, 0.1) is 11.3 Å². The van der Waals surface area contributed by atoms with Crippen LogP contribution in [0.15, 0.2) is 0 Å². The number of amides is 2. The zero-order valence-electron chi connectivity index (χ0n) is 12.6. The second-order valence-corrected chi connectivity index (χ2v) is 6.66. The fraction of sp³-hybridized carbons (Fsp3) is 0.857. The summed E-state index contributed by atoms with van der Waals surface area (Å²) in [4.78, 5) is 25.2. The van der Waals surface area contributed by atoms with Crippen molar-refractivity contribution in [2.75, 3.05) is 31.6 Å². The van der Waals surface area contributed by atoms with E-state index >= 15 is 0 Å². The molecular formula is C14H26N2O3S. The molecule has 5 nitrogen and oxygen atoms in total. The van der Waals surface area contributed by atoms with E-state index in [1.54, 1.807) is 16.7 Å². The first kappa shape index (κ1) is 17.1. The summed E-state index contributed by atoms with van der Waals surface area (Å²) in [6.45, 7) is 5.59. The summed E-state index contributed by atoms with van der Waals surface area (Å²) < 4.78 is 0. The summed E-state index contributed by atoms with van der Waals surface area (Å²) in [7, 11) is 0. The molecule has 0 aromatic heterocycles. The molecule has 2 N–H and O–H groups in total. The number of urea groups is 1. The molecule has 2 atom stereocenters. The van der Waals surface area contributed by atoms with Gasteiger partial charge in [0.15, 0.2) is 0 Å². The Hall–Kier alpha value is -0.910. The highest BCUT2D eigenvalue weighted by atomic mass is 32.2. The highest BCUT2D eigenvalue weighted by Crippen LogP contribution is 2.35. The van der Waals surface area contributed by atoms with Gasteiger partial charge in [-0.05, 0) is 30.8 Å². The molecule has 1 rings (SSSR count). The van der Waals surface area contributed by atoms with E-state index in [4.69, 9.17) is 0 Å². The second-order valence-electron chi connectivity index (χ2n) is 5.75. The van der Waals surface area contributed by atoms with E-state index in [9.17, 15) is 14.7 Å². The highest BCUT2D eigenvalue weighted by Gasteiger charge is 2.45. The highest BCUT2D eigenvalue weighted by molar-refractivity contribution is 7.98. The third-order valence-electron chi connectivity index (χ3n) is 3.88. The minimum Gasteiger partial charge on any atom is -0.481 e. The van der Waals surface area contributed by atoms with E-state index in [-0.39, 0.29) is 6.03 Å². The molecule has 0 aliphatic carbocycles. The lowest BCUT2D eigenvalue weighted by Crippen LogP contribution is -2.43. The molecule has 116 valence electrons. The maximum atomic E-state index is 12.1. The number of rotatable bonds is 7. The molecule has 0 radical (unpaired) electrons. The lowest BCUT2D eigenvalue weighted by molar-refractivity contribution is -0.148. The van der Waals surface area contributed by atoms with Crippen molar-refractivity contribution < 1.29 is 14.7 Å². The SMILES string of the molecule is CCCC1(C(=O)O)CCN(C(=O)NCC(C)CSC)C1. The third kappa shape index (κ3) is 4.30. The summed E-state index contributed by atoms with van der Waals surface area (Å²) in [6, 6.07) is -0.128. The number of carbonyl (C=O) groups is 2. The van der Waals surface area contributed by atoms with Gasteiger partial charge >= 0.3 is 12.0 Å². The van der Waals surface area contributed by atoms with E-state index in [1.165, 1.54) is 0 Å². The van der Waals surface area contributed by atoms with Gasteiger partial charge in [0.2, 0.25) is 0 Å². The number of hydrogen-bond donors (Lipinski definition) is 2. The van der Waals surface area contributed by atoms with Gasteiger partial charge in [0, 0.05) is 19.6 Å². The van der Waals surface area contributed by atoms with Gasteiger partial charge in [-0.2, -0.15) is 11.8 Å². The first-order valence-corrected chi connectivity index (χ1v) is 8.59. The molecule has 0 spiro atoms. The molecule has 2 amide bonds. The number of carboxylic acids is 1. The van der Waals surface area contributed by atoms with E-state index in [2.05, 4.69) is 12.2 Å². The number of nitrogens with one attached hydrogen (secondary N) is 1. The normalized spacial score (nSPS) is 23.6. The van der Waals surface area contributed by atoms with Crippen molar-refractivity contribution in [3.8, 4) is 0 Å². The number of thioether (sulfide) groups is 1. The largest absolute Gasteiger partial charge is 0.481 e. The molecule has 1 saturated heterocycles. The Morgan fingerprint density at radius 2 is 2.20 bits per heavy atom. The van der Waals surface area contributed by atoms with Crippen LogP contribution in [-0.2, 0) is 4.79 Å². The Bertz CT molecular complexity index is 351. The molecule has 2 unspecified atom stereocenters. The Morgan fingerprint density at radius 3 is 2.75 bits per heavy atom. The first-order valence-electron chi connectivity index (χ1n) is 7.20. The number of nitrogens with zero attached hydrogens (tertiary/aromatic N) is 1. The van der Waals surface area contributed by atoms with Crippen molar-refractivity contribution in [1.29, 1.82) is 0 Å². The number of hydrogen-bond acceptors (Lipinski definition) is 3. The van der Waals surface area contributed by atoms with Crippen molar-refractivity contribution >= 4 is 23.8 Å². The van der Waals surface area contributed by atoms with Crippen LogP contribution in [0.1, 0.15) is 33.1 Å². The second kappa shape index (κ2) is 7.76. The summed E-state index contributed by atoms with van der Waals surface area (Å²) in [6.07, 6.45) is 4.07. The van der Waals surface area contributed by atoms with Crippen molar-refractivity contribution in [3.05, 3.63) is 0 Å². The fourth-order valence-electron chi connectivity index (χ4n) is 2.73. The Morgan fingerprint density at radius 1 is 1.50 bits per heavy atom. The van der Waals surface area contributed by atoms with Gasteiger partial charge in [0.25, 0.3) is 0 Å². The smallest absolute Gasteiger partial charge is 0.317 e. The molecule has 1 heterocycles. The van der Waals surface area contributed by atoms with Crippen molar-refractivity contribution in [2.24, 2.45) is 11.3 Å². The van der Waals surface area contributed by atoms with E-state index < -0.39 is 11.4 Å². The lowest BCUT2D eigenvalue weighted by atomic mass is 9.83. The summed E-state index contributed by atoms with van der Waals surface area (Å²) in [5.41, 5.74) is -0.739. The molecule has 0 saturated carbocycles. The summed E-state index contributed by atoms with van der Waals surface area (Å²) >= 11 is 1.76. The zero-order valence-corrected chi connectivity index (χ0v) is 13.5. The topological polar surface area (TPSA) is 69.6 Å². The Labute approximate surface area is 125 Å². The molecular weight excluding hydrogens is 276 g/mol. The van der Waals surface area contributed by atoms with Crippen molar-refractivity contribution in [2.45, 2.75) is 33.1 Å². The van der Waals surface area contributed by atoms with Gasteiger partial charge in [0.05, 0.1) is 5.41 Å². The van der Waals surface area contributed by atoms with Crippen LogP contribution >= 0.6 is 11.8 Å². The molecule has 20 heavy (non-hydrogen) atoms. The van der Waals surface area contributed by atoms with Gasteiger partial charge < -0.3 is 15.3 Å². The maximum Gasteiger partial charge on any atom is 0.317 e. The Kier molecular flexibility index (Phi) is 6.65. The maximum absolute atomic E-state index is 12.1. The van der Waals surface area contributed by atoms with Gasteiger partial charge in [-0.15, -0.1) is 0 Å². The monoisotopic (exact) mass is 302 g/mol. The van der Waals surface area contributed by atoms with Crippen LogP contribution in [-0.4, -0.2) is 53.6 Å². The standard InChI is InChI=1S/C14H26N2O3S/c1-4-5-14(12(17)18)6-7-16(10-14)13(19)15-8-11(2)9-20-3/h11H,4-10H2,1-3H3,(H,15,19)(H,17,18). The molecule has 0 aromatic carbocycles. The Balaban J connectivity index is 2.49. The first-order chi connectivity index (χ1) is 9.45. The van der Waals surface area contributed by atoms with E-state index in [1.807, 2.05) is 13.2 Å². The molecule has 0 bridgehead atoms. The summed E-state index contributed by atoms with van der Waals surface area (Å²) in [5.74, 6) is 0.664. The van der Waals surface area contributed by atoms with Crippen LogP contribution in [0.4, 0.5) is 4.79 Å². The quantitative estimate of drug-likeness (QED) is 0.757. The molecule has 1 fully saturated rings. The number of likely N-dealkylation sites (tertiary alicyclic amines) is 1. The number of carboxylic acid groups (broad SMARTS) is 1. The van der Waals surface area contributed by atoms with Crippen molar-refractivity contribution in [3.63, 3.8) is 0 Å². The number of aliphatic carboxylic acids is 1. The zero-order chi connectivity index (χ0) is 15.2. The number of carbonyl (C=O) groups excluding carboxylic acids is 1. The van der Waals surface area contributed by atoms with Crippen molar-refractivity contribution in [1.82, 2.24) is 10.2 Å². The minimum atomic E-state index is -0.773. The fourth-order valence-corrected chi connectivity index (χ4v) is 3.41. The average molecular weight is 302 g/mol. The predicted octanol–water partition coefficient (Wildman–Crippen LogP) is 2.27. The molecule has 6 heteroatoms. The van der Waals surface area contributed by atoms with Crippen LogP contribution in [0.25, 0.3) is 0 Å². The molecule has 0 aromatic rings. The van der Waals surface area contributed by atoms with Crippen LogP contribution in [0.2, 0.25) is 0 Å². The van der Waals surface area contributed by atoms with Gasteiger partial charge in [-0.3, -0.25) is 4.79 Å².